The Kier molecular flexibility index (Phi) is 3.76. The minimum atomic E-state index is 0.478. The molecule has 110 valence electrons. The van der Waals surface area contributed by atoms with Crippen LogP contribution >= 0.6 is 0 Å². The largest absolute Gasteiger partial charge is 0.384 e. The predicted molar refractivity (Wildman–Crippen MR) is 86.1 cm³/mol. The van der Waals surface area contributed by atoms with Crippen molar-refractivity contribution >= 4 is 5.69 Å². The van der Waals surface area contributed by atoms with Gasteiger partial charge < -0.3 is 5.32 Å². The molecule has 1 N–H and O–H groups in total. The van der Waals surface area contributed by atoms with Crippen LogP contribution in [-0.4, -0.2) is 24.5 Å². The van der Waals surface area contributed by atoms with Crippen molar-refractivity contribution < 1.29 is 0 Å². The van der Waals surface area contributed by atoms with Crippen molar-refractivity contribution in [2.75, 3.05) is 25.0 Å². The number of rotatable bonds is 2. The smallest absolute Gasteiger partial charge is 0.0373 e. The van der Waals surface area contributed by atoms with Crippen molar-refractivity contribution in [1.82, 2.24) is 4.90 Å². The molecule has 2 nitrogen and oxygen atoms in total. The summed E-state index contributed by atoms with van der Waals surface area (Å²) in [6, 6.07) is 6.97. The molecule has 1 aromatic rings. The molecule has 20 heavy (non-hydrogen) atoms. The van der Waals surface area contributed by atoms with Gasteiger partial charge in [0, 0.05) is 18.8 Å². The Hall–Kier alpha value is -1.02. The standard InChI is InChI=1S/C18H28N2/c1-18(2,3)16-7-10-20(11-8-16)13-14-4-5-17-15(12-14)6-9-19-17/h4-5,12,16,19H,6-11,13H2,1-3H3. The lowest BCUT2D eigenvalue weighted by Gasteiger charge is -2.38. The van der Waals surface area contributed by atoms with Crippen molar-refractivity contribution in [3.63, 3.8) is 0 Å². The summed E-state index contributed by atoms with van der Waals surface area (Å²) < 4.78 is 0. The first-order chi connectivity index (χ1) is 9.52. The van der Waals surface area contributed by atoms with Gasteiger partial charge in [0.1, 0.15) is 0 Å². The van der Waals surface area contributed by atoms with Gasteiger partial charge in [-0.15, -0.1) is 0 Å². The van der Waals surface area contributed by atoms with Crippen LogP contribution in [0.5, 0.6) is 0 Å². The molecule has 1 fully saturated rings. The lowest BCUT2D eigenvalue weighted by atomic mass is 9.75. The molecule has 2 aliphatic heterocycles. The molecule has 0 amide bonds. The topological polar surface area (TPSA) is 15.3 Å². The molecule has 2 heterocycles. The minimum Gasteiger partial charge on any atom is -0.384 e. The number of benzene rings is 1. The zero-order valence-electron chi connectivity index (χ0n) is 13.2. The van der Waals surface area contributed by atoms with E-state index in [9.17, 15) is 0 Å². The maximum absolute atomic E-state index is 3.44. The summed E-state index contributed by atoms with van der Waals surface area (Å²) in [5.74, 6) is 0.892. The fourth-order valence-corrected chi connectivity index (χ4v) is 3.67. The fraction of sp³-hybridized carbons (Fsp3) is 0.667. The maximum Gasteiger partial charge on any atom is 0.0373 e. The SMILES string of the molecule is CC(C)(C)C1CCN(Cc2ccc3c(c2)CCN3)CC1. The van der Waals surface area contributed by atoms with E-state index in [-0.39, 0.29) is 0 Å². The number of hydrogen-bond donors (Lipinski definition) is 1. The molecule has 0 bridgehead atoms. The number of anilines is 1. The first kappa shape index (κ1) is 13.9. The summed E-state index contributed by atoms with van der Waals surface area (Å²) in [4.78, 5) is 2.63. The average Bonchev–Trinajstić information content (AvgIpc) is 2.86. The summed E-state index contributed by atoms with van der Waals surface area (Å²) >= 11 is 0. The van der Waals surface area contributed by atoms with Gasteiger partial charge >= 0.3 is 0 Å². The van der Waals surface area contributed by atoms with Gasteiger partial charge in [-0.2, -0.15) is 0 Å². The second-order valence-corrected chi connectivity index (χ2v) is 7.58. The molecule has 1 aromatic carbocycles. The summed E-state index contributed by atoms with van der Waals surface area (Å²) in [5.41, 5.74) is 4.82. The monoisotopic (exact) mass is 272 g/mol. The van der Waals surface area contributed by atoms with Gasteiger partial charge in [0.2, 0.25) is 0 Å². The van der Waals surface area contributed by atoms with E-state index < -0.39 is 0 Å². The summed E-state index contributed by atoms with van der Waals surface area (Å²) in [6.45, 7) is 11.9. The zero-order chi connectivity index (χ0) is 14.2. The van der Waals surface area contributed by atoms with Crippen LogP contribution in [-0.2, 0) is 13.0 Å². The molecular formula is C18H28N2. The Balaban J connectivity index is 1.57. The van der Waals surface area contributed by atoms with Crippen LogP contribution in [0.15, 0.2) is 18.2 Å². The first-order valence-electron chi connectivity index (χ1n) is 8.10. The molecule has 0 radical (unpaired) electrons. The first-order valence-corrected chi connectivity index (χ1v) is 8.10. The highest BCUT2D eigenvalue weighted by atomic mass is 15.1. The van der Waals surface area contributed by atoms with Crippen LogP contribution in [0.4, 0.5) is 5.69 Å². The van der Waals surface area contributed by atoms with Crippen molar-refractivity contribution in [1.29, 1.82) is 0 Å². The van der Waals surface area contributed by atoms with Gasteiger partial charge in [0.15, 0.2) is 0 Å². The number of nitrogens with one attached hydrogen (secondary N) is 1. The molecule has 0 aromatic heterocycles. The van der Waals surface area contributed by atoms with Crippen LogP contribution in [0.2, 0.25) is 0 Å². The molecule has 2 heteroatoms. The van der Waals surface area contributed by atoms with Gasteiger partial charge in [-0.25, -0.2) is 0 Å². The van der Waals surface area contributed by atoms with E-state index >= 15 is 0 Å². The maximum atomic E-state index is 3.44. The van der Waals surface area contributed by atoms with Gasteiger partial charge in [-0.3, -0.25) is 4.90 Å². The lowest BCUT2D eigenvalue weighted by molar-refractivity contribution is 0.108. The zero-order valence-corrected chi connectivity index (χ0v) is 13.2. The third-order valence-corrected chi connectivity index (χ3v) is 5.10. The Morgan fingerprint density at radius 3 is 2.65 bits per heavy atom. The van der Waals surface area contributed by atoms with Crippen molar-refractivity contribution in [2.45, 2.75) is 46.6 Å². The van der Waals surface area contributed by atoms with Crippen LogP contribution in [0.3, 0.4) is 0 Å². The molecular weight excluding hydrogens is 244 g/mol. The predicted octanol–water partition coefficient (Wildman–Crippen LogP) is 3.91. The van der Waals surface area contributed by atoms with Crippen LogP contribution < -0.4 is 5.32 Å². The van der Waals surface area contributed by atoms with Gasteiger partial charge in [-0.1, -0.05) is 32.9 Å². The summed E-state index contributed by atoms with van der Waals surface area (Å²) in [6.07, 6.45) is 3.90. The van der Waals surface area contributed by atoms with Gasteiger partial charge in [0.05, 0.1) is 0 Å². The number of fused-ring (bicyclic) bond motifs is 1. The number of piperidine rings is 1. The third-order valence-electron chi connectivity index (χ3n) is 5.10. The molecule has 0 unspecified atom stereocenters. The molecule has 0 spiro atoms. The number of nitrogens with zero attached hydrogens (tertiary/aromatic N) is 1. The normalized spacial score (nSPS) is 20.8. The van der Waals surface area contributed by atoms with Crippen LogP contribution in [0.1, 0.15) is 44.7 Å². The van der Waals surface area contributed by atoms with Crippen LogP contribution in [0.25, 0.3) is 0 Å². The van der Waals surface area contributed by atoms with E-state index in [0.29, 0.717) is 5.41 Å². The number of likely N-dealkylation sites (tertiary alicyclic amines) is 1. The minimum absolute atomic E-state index is 0.478. The molecule has 0 aliphatic carbocycles. The molecule has 3 rings (SSSR count). The van der Waals surface area contributed by atoms with Crippen molar-refractivity contribution in [2.24, 2.45) is 11.3 Å². The Bertz CT molecular complexity index is 465. The highest BCUT2D eigenvalue weighted by Gasteiger charge is 2.28. The summed E-state index contributed by atoms with van der Waals surface area (Å²) in [7, 11) is 0. The van der Waals surface area contributed by atoms with E-state index in [1.54, 1.807) is 0 Å². The van der Waals surface area contributed by atoms with E-state index in [1.807, 2.05) is 0 Å². The van der Waals surface area contributed by atoms with E-state index in [1.165, 1.54) is 49.2 Å². The Morgan fingerprint density at radius 2 is 1.95 bits per heavy atom. The third kappa shape index (κ3) is 3.01. The van der Waals surface area contributed by atoms with E-state index in [4.69, 9.17) is 0 Å². The molecule has 1 saturated heterocycles. The highest BCUT2D eigenvalue weighted by Crippen LogP contribution is 2.34. The quantitative estimate of drug-likeness (QED) is 0.878. The van der Waals surface area contributed by atoms with Gasteiger partial charge in [0.25, 0.3) is 0 Å². The number of hydrogen-bond acceptors (Lipinski definition) is 2. The van der Waals surface area contributed by atoms with E-state index in [2.05, 4.69) is 49.2 Å². The van der Waals surface area contributed by atoms with Crippen molar-refractivity contribution in [3.05, 3.63) is 29.3 Å². The lowest BCUT2D eigenvalue weighted by Crippen LogP contribution is -2.37. The van der Waals surface area contributed by atoms with Crippen LogP contribution in [0, 0.1) is 11.3 Å². The Morgan fingerprint density at radius 1 is 1.20 bits per heavy atom. The summed E-state index contributed by atoms with van der Waals surface area (Å²) in [5, 5.41) is 3.44. The van der Waals surface area contributed by atoms with Gasteiger partial charge in [-0.05, 0) is 60.9 Å². The van der Waals surface area contributed by atoms with Crippen molar-refractivity contribution in [3.8, 4) is 0 Å². The molecule has 0 atom stereocenters. The fourth-order valence-electron chi connectivity index (χ4n) is 3.67. The van der Waals surface area contributed by atoms with E-state index in [0.717, 1.165) is 19.0 Å². The Labute approximate surface area is 123 Å². The average molecular weight is 272 g/mol. The molecule has 2 aliphatic rings. The highest BCUT2D eigenvalue weighted by molar-refractivity contribution is 5.56. The second kappa shape index (κ2) is 5.40. The molecule has 0 saturated carbocycles. The second-order valence-electron chi connectivity index (χ2n) is 7.58.